The van der Waals surface area contributed by atoms with Gasteiger partial charge >= 0.3 is 0 Å². The van der Waals surface area contributed by atoms with Crippen LogP contribution in [0.5, 0.6) is 0 Å². The lowest BCUT2D eigenvalue weighted by Gasteiger charge is -2.07. The average molecular weight is 553 g/mol. The van der Waals surface area contributed by atoms with Gasteiger partial charge in [0.15, 0.2) is 5.17 Å². The Morgan fingerprint density at radius 1 is 1.10 bits per heavy atom. The number of amides is 1. The van der Waals surface area contributed by atoms with Gasteiger partial charge in [0, 0.05) is 27.6 Å². The number of nitrogens with zero attached hydrogens (tertiary/aromatic N) is 2. The Morgan fingerprint density at radius 2 is 1.86 bits per heavy atom. The molecule has 146 valence electrons. The zero-order valence-corrected chi connectivity index (χ0v) is 19.8. The SMILES string of the molecule is CN1C(=O)/C(=C\c2ccc(-c3ccc(Br)cc3)o2)SC1=Nc1ccc(Br)c(Cl)c1. The van der Waals surface area contributed by atoms with Gasteiger partial charge in [-0.2, -0.15) is 0 Å². The summed E-state index contributed by atoms with van der Waals surface area (Å²) in [4.78, 5) is 19.2. The molecule has 0 atom stereocenters. The van der Waals surface area contributed by atoms with Crippen LogP contribution >= 0.6 is 55.2 Å². The second-order valence-electron chi connectivity index (χ2n) is 6.18. The van der Waals surface area contributed by atoms with Gasteiger partial charge in [0.1, 0.15) is 11.5 Å². The van der Waals surface area contributed by atoms with Crippen LogP contribution in [0.25, 0.3) is 17.4 Å². The van der Waals surface area contributed by atoms with Crippen LogP contribution in [0.15, 0.2) is 77.9 Å². The van der Waals surface area contributed by atoms with Crippen LogP contribution in [0.1, 0.15) is 5.76 Å². The maximum Gasteiger partial charge on any atom is 0.266 e. The van der Waals surface area contributed by atoms with Crippen molar-refractivity contribution in [3.63, 3.8) is 0 Å². The van der Waals surface area contributed by atoms with Crippen LogP contribution < -0.4 is 0 Å². The second-order valence-corrected chi connectivity index (χ2v) is 9.36. The van der Waals surface area contributed by atoms with Crippen LogP contribution in [0, 0.1) is 0 Å². The van der Waals surface area contributed by atoms with E-state index in [4.69, 9.17) is 16.0 Å². The summed E-state index contributed by atoms with van der Waals surface area (Å²) in [7, 11) is 1.70. The zero-order chi connectivity index (χ0) is 20.5. The van der Waals surface area contributed by atoms with E-state index in [0.717, 1.165) is 20.3 Å². The lowest BCUT2D eigenvalue weighted by atomic mass is 10.2. The maximum atomic E-state index is 12.6. The van der Waals surface area contributed by atoms with E-state index >= 15 is 0 Å². The highest BCUT2D eigenvalue weighted by molar-refractivity contribution is 9.10. The molecule has 4 nitrogen and oxygen atoms in total. The molecule has 0 N–H and O–H groups in total. The number of amidine groups is 1. The summed E-state index contributed by atoms with van der Waals surface area (Å²) in [6, 6.07) is 17.0. The van der Waals surface area contributed by atoms with Crippen LogP contribution in [-0.4, -0.2) is 23.0 Å². The number of halogens is 3. The van der Waals surface area contributed by atoms with E-state index in [0.29, 0.717) is 26.5 Å². The largest absolute Gasteiger partial charge is 0.457 e. The molecule has 0 spiro atoms. The highest BCUT2D eigenvalue weighted by atomic mass is 79.9. The molecule has 1 aliphatic heterocycles. The summed E-state index contributed by atoms with van der Waals surface area (Å²) in [6.45, 7) is 0. The minimum atomic E-state index is -0.126. The van der Waals surface area contributed by atoms with Gasteiger partial charge in [-0.3, -0.25) is 9.69 Å². The minimum Gasteiger partial charge on any atom is -0.457 e. The molecule has 2 heterocycles. The van der Waals surface area contributed by atoms with Gasteiger partial charge in [0.2, 0.25) is 0 Å². The number of rotatable bonds is 3. The molecule has 2 aromatic carbocycles. The van der Waals surface area contributed by atoms with Crippen molar-refractivity contribution in [2.45, 2.75) is 0 Å². The van der Waals surface area contributed by atoms with Crippen molar-refractivity contribution in [3.8, 4) is 11.3 Å². The summed E-state index contributed by atoms with van der Waals surface area (Å²) >= 11 is 14.2. The number of hydrogen-bond donors (Lipinski definition) is 0. The molecule has 1 fully saturated rings. The summed E-state index contributed by atoms with van der Waals surface area (Å²) in [6.07, 6.45) is 1.74. The van der Waals surface area contributed by atoms with Crippen LogP contribution in [0.4, 0.5) is 5.69 Å². The Hall–Kier alpha value is -1.80. The lowest BCUT2D eigenvalue weighted by Crippen LogP contribution is -2.23. The molecule has 0 bridgehead atoms. The van der Waals surface area contributed by atoms with Crippen molar-refractivity contribution in [2.24, 2.45) is 4.99 Å². The van der Waals surface area contributed by atoms with Crippen molar-refractivity contribution in [1.82, 2.24) is 4.90 Å². The van der Waals surface area contributed by atoms with Crippen LogP contribution in [0.2, 0.25) is 5.02 Å². The number of thioether (sulfide) groups is 1. The van der Waals surface area contributed by atoms with Crippen molar-refractivity contribution >= 4 is 78.1 Å². The number of carbonyl (C=O) groups is 1. The molecule has 3 aromatic rings. The second kappa shape index (κ2) is 8.52. The molecule has 29 heavy (non-hydrogen) atoms. The van der Waals surface area contributed by atoms with E-state index in [1.54, 1.807) is 19.2 Å². The Kier molecular flexibility index (Phi) is 6.01. The first kappa shape index (κ1) is 20.5. The Labute approximate surface area is 193 Å². The fourth-order valence-corrected chi connectivity index (χ4v) is 4.30. The van der Waals surface area contributed by atoms with E-state index < -0.39 is 0 Å². The summed E-state index contributed by atoms with van der Waals surface area (Å²) < 4.78 is 7.70. The topological polar surface area (TPSA) is 45.8 Å². The molecule has 1 aliphatic rings. The van der Waals surface area contributed by atoms with Gasteiger partial charge in [0.05, 0.1) is 15.6 Å². The third-order valence-corrected chi connectivity index (χ3v) is 6.98. The predicted molar refractivity (Wildman–Crippen MR) is 126 cm³/mol. The molecule has 1 amide bonds. The third kappa shape index (κ3) is 4.53. The quantitative estimate of drug-likeness (QED) is 0.319. The van der Waals surface area contributed by atoms with Crippen molar-refractivity contribution < 1.29 is 9.21 Å². The van der Waals surface area contributed by atoms with Crippen molar-refractivity contribution in [1.29, 1.82) is 0 Å². The number of benzene rings is 2. The zero-order valence-electron chi connectivity index (χ0n) is 15.0. The number of hydrogen-bond acceptors (Lipinski definition) is 4. The van der Waals surface area contributed by atoms with E-state index in [9.17, 15) is 4.79 Å². The number of likely N-dealkylation sites (N-methyl/N-ethyl adjacent to an activating group) is 1. The van der Waals surface area contributed by atoms with Gasteiger partial charge in [-0.15, -0.1) is 0 Å². The molecule has 1 aromatic heterocycles. The fraction of sp³-hybridized carbons (Fsp3) is 0.0476. The molecule has 1 saturated heterocycles. The van der Waals surface area contributed by atoms with Crippen LogP contribution in [-0.2, 0) is 4.79 Å². The third-order valence-electron chi connectivity index (χ3n) is 4.16. The monoisotopic (exact) mass is 550 g/mol. The highest BCUT2D eigenvalue weighted by Gasteiger charge is 2.30. The van der Waals surface area contributed by atoms with Gasteiger partial charge in [0.25, 0.3) is 5.91 Å². The van der Waals surface area contributed by atoms with Gasteiger partial charge in [-0.25, -0.2) is 4.99 Å². The lowest BCUT2D eigenvalue weighted by molar-refractivity contribution is -0.121. The van der Waals surface area contributed by atoms with E-state index in [1.165, 1.54) is 16.7 Å². The summed E-state index contributed by atoms with van der Waals surface area (Å²) in [5, 5.41) is 1.15. The number of furan rings is 1. The maximum absolute atomic E-state index is 12.6. The highest BCUT2D eigenvalue weighted by Crippen LogP contribution is 2.35. The van der Waals surface area contributed by atoms with Crippen LogP contribution in [0.3, 0.4) is 0 Å². The van der Waals surface area contributed by atoms with Gasteiger partial charge in [-0.05, 0) is 70.2 Å². The predicted octanol–water partition coefficient (Wildman–Crippen LogP) is 7.36. The number of aliphatic imine (C=N–C) groups is 1. The summed E-state index contributed by atoms with van der Waals surface area (Å²) in [5.41, 5.74) is 1.65. The first-order valence-electron chi connectivity index (χ1n) is 8.48. The average Bonchev–Trinajstić information content (AvgIpc) is 3.26. The summed E-state index contributed by atoms with van der Waals surface area (Å²) in [5.74, 6) is 1.23. The first-order chi connectivity index (χ1) is 13.9. The first-order valence-corrected chi connectivity index (χ1v) is 11.3. The van der Waals surface area contributed by atoms with Gasteiger partial charge < -0.3 is 4.42 Å². The molecule has 0 unspecified atom stereocenters. The number of carbonyl (C=O) groups excluding carboxylic acids is 1. The Bertz CT molecular complexity index is 1160. The van der Waals surface area contributed by atoms with Crippen molar-refractivity contribution in [3.05, 3.63) is 79.2 Å². The molecule has 0 saturated carbocycles. The normalized spacial score (nSPS) is 17.0. The molecular formula is C21H13Br2ClN2O2S. The smallest absolute Gasteiger partial charge is 0.266 e. The standard InChI is InChI=1S/C21H13Br2ClN2O2S/c1-26-20(27)19(29-21(26)25-14-6-8-16(23)17(24)10-14)11-15-7-9-18(28-15)12-2-4-13(22)5-3-12/h2-11H,1H3/b19-11+,25-21?. The Morgan fingerprint density at radius 3 is 2.59 bits per heavy atom. The molecule has 8 heteroatoms. The van der Waals surface area contributed by atoms with Crippen molar-refractivity contribution in [2.75, 3.05) is 7.05 Å². The molecule has 0 aliphatic carbocycles. The van der Waals surface area contributed by atoms with E-state index in [1.807, 2.05) is 48.5 Å². The fourth-order valence-electron chi connectivity index (χ4n) is 2.65. The van der Waals surface area contributed by atoms with Gasteiger partial charge in [-0.1, -0.05) is 39.7 Å². The molecule has 4 rings (SSSR count). The van der Waals surface area contributed by atoms with E-state index in [2.05, 4.69) is 36.9 Å². The Balaban J connectivity index is 1.58. The minimum absolute atomic E-state index is 0.126. The van der Waals surface area contributed by atoms with E-state index in [-0.39, 0.29) is 5.91 Å². The molecular weight excluding hydrogens is 540 g/mol. The molecule has 0 radical (unpaired) electrons.